The van der Waals surface area contributed by atoms with Gasteiger partial charge in [0.25, 0.3) is 0 Å². The first-order valence-corrected chi connectivity index (χ1v) is 5.01. The molecule has 1 atom stereocenters. The Balaban J connectivity index is 4.22. The maximum atomic E-state index is 11.2. The average Bonchev–Trinajstić information content (AvgIpc) is 2.22. The van der Waals surface area contributed by atoms with Gasteiger partial charge in [-0.15, -0.1) is 0 Å². The van der Waals surface area contributed by atoms with E-state index in [0.29, 0.717) is 13.0 Å². The SMILES string of the molecule is CCC(CC#N)N(CC)CC(=O)NC. The highest BCUT2D eigenvalue weighted by Gasteiger charge is 2.16. The summed E-state index contributed by atoms with van der Waals surface area (Å²) in [5.41, 5.74) is 0. The maximum absolute atomic E-state index is 11.2. The van der Waals surface area contributed by atoms with Crippen LogP contribution in [0.1, 0.15) is 26.7 Å². The van der Waals surface area contributed by atoms with E-state index in [0.717, 1.165) is 13.0 Å². The zero-order chi connectivity index (χ0) is 11.0. The number of carbonyl (C=O) groups excluding carboxylic acids is 1. The fourth-order valence-electron chi connectivity index (χ4n) is 1.40. The molecule has 80 valence electrons. The summed E-state index contributed by atoms with van der Waals surface area (Å²) in [4.78, 5) is 13.2. The van der Waals surface area contributed by atoms with E-state index in [4.69, 9.17) is 5.26 Å². The number of nitriles is 1. The predicted octanol–water partition coefficient (Wildman–Crippen LogP) is 0.747. The van der Waals surface area contributed by atoms with Crippen LogP contribution in [0.25, 0.3) is 0 Å². The fraction of sp³-hybridized carbons (Fsp3) is 0.800. The van der Waals surface area contributed by atoms with Crippen molar-refractivity contribution in [3.05, 3.63) is 0 Å². The van der Waals surface area contributed by atoms with Gasteiger partial charge in [-0.1, -0.05) is 13.8 Å². The monoisotopic (exact) mass is 197 g/mol. The molecule has 4 heteroatoms. The van der Waals surface area contributed by atoms with Gasteiger partial charge in [0.1, 0.15) is 0 Å². The van der Waals surface area contributed by atoms with Gasteiger partial charge >= 0.3 is 0 Å². The van der Waals surface area contributed by atoms with Crippen LogP contribution in [0.5, 0.6) is 0 Å². The lowest BCUT2D eigenvalue weighted by atomic mass is 10.1. The Morgan fingerprint density at radius 1 is 1.57 bits per heavy atom. The number of hydrogen-bond donors (Lipinski definition) is 1. The zero-order valence-corrected chi connectivity index (χ0v) is 9.21. The molecule has 0 aliphatic rings. The van der Waals surface area contributed by atoms with E-state index >= 15 is 0 Å². The molecule has 0 aliphatic carbocycles. The number of rotatable bonds is 6. The normalized spacial score (nSPS) is 12.2. The Labute approximate surface area is 85.9 Å². The molecule has 0 aromatic heterocycles. The van der Waals surface area contributed by atoms with Gasteiger partial charge in [0.05, 0.1) is 19.0 Å². The quantitative estimate of drug-likeness (QED) is 0.683. The number of likely N-dealkylation sites (N-methyl/N-ethyl adjacent to an activating group) is 2. The third-order valence-electron chi connectivity index (χ3n) is 2.35. The van der Waals surface area contributed by atoms with Gasteiger partial charge in [0, 0.05) is 13.1 Å². The van der Waals surface area contributed by atoms with Crippen molar-refractivity contribution in [2.75, 3.05) is 20.1 Å². The molecule has 0 bridgehead atoms. The van der Waals surface area contributed by atoms with E-state index in [9.17, 15) is 4.79 Å². The Kier molecular flexibility index (Phi) is 6.77. The molecular weight excluding hydrogens is 178 g/mol. The maximum Gasteiger partial charge on any atom is 0.233 e. The highest BCUT2D eigenvalue weighted by atomic mass is 16.1. The van der Waals surface area contributed by atoms with Crippen LogP contribution in [0.4, 0.5) is 0 Å². The number of nitrogens with one attached hydrogen (secondary N) is 1. The third-order valence-corrected chi connectivity index (χ3v) is 2.35. The lowest BCUT2D eigenvalue weighted by molar-refractivity contribution is -0.122. The van der Waals surface area contributed by atoms with Crippen LogP contribution in [0.2, 0.25) is 0 Å². The van der Waals surface area contributed by atoms with E-state index in [-0.39, 0.29) is 11.9 Å². The predicted molar refractivity (Wildman–Crippen MR) is 55.6 cm³/mol. The molecule has 0 saturated carbocycles. The highest BCUT2D eigenvalue weighted by Crippen LogP contribution is 2.07. The number of carbonyl (C=O) groups is 1. The lowest BCUT2D eigenvalue weighted by Crippen LogP contribution is -2.41. The smallest absolute Gasteiger partial charge is 0.233 e. The second kappa shape index (κ2) is 7.34. The molecule has 0 heterocycles. The van der Waals surface area contributed by atoms with Crippen LogP contribution in [0, 0.1) is 11.3 Å². The topological polar surface area (TPSA) is 56.1 Å². The van der Waals surface area contributed by atoms with Gasteiger partial charge in [0.15, 0.2) is 0 Å². The minimum atomic E-state index is 0.00300. The van der Waals surface area contributed by atoms with Gasteiger partial charge in [-0.25, -0.2) is 0 Å². The van der Waals surface area contributed by atoms with Crippen LogP contribution in [-0.4, -0.2) is 37.0 Å². The van der Waals surface area contributed by atoms with Crippen molar-refractivity contribution in [1.29, 1.82) is 5.26 Å². The first kappa shape index (κ1) is 12.9. The van der Waals surface area contributed by atoms with Crippen LogP contribution in [0.15, 0.2) is 0 Å². The molecule has 0 radical (unpaired) electrons. The van der Waals surface area contributed by atoms with Crippen LogP contribution < -0.4 is 5.32 Å². The van der Waals surface area contributed by atoms with E-state index < -0.39 is 0 Å². The van der Waals surface area contributed by atoms with Crippen molar-refractivity contribution in [2.24, 2.45) is 0 Å². The fourth-order valence-corrected chi connectivity index (χ4v) is 1.40. The molecule has 1 N–H and O–H groups in total. The largest absolute Gasteiger partial charge is 0.358 e. The van der Waals surface area contributed by atoms with Crippen molar-refractivity contribution in [3.8, 4) is 6.07 Å². The summed E-state index contributed by atoms with van der Waals surface area (Å²) >= 11 is 0. The van der Waals surface area contributed by atoms with Crippen molar-refractivity contribution in [3.63, 3.8) is 0 Å². The van der Waals surface area contributed by atoms with Crippen LogP contribution in [-0.2, 0) is 4.79 Å². The Morgan fingerprint density at radius 3 is 2.57 bits per heavy atom. The summed E-state index contributed by atoms with van der Waals surface area (Å²) < 4.78 is 0. The van der Waals surface area contributed by atoms with Crippen molar-refractivity contribution in [2.45, 2.75) is 32.7 Å². The summed E-state index contributed by atoms with van der Waals surface area (Å²) in [6.07, 6.45) is 1.39. The molecule has 0 aromatic carbocycles. The van der Waals surface area contributed by atoms with Crippen LogP contribution in [0.3, 0.4) is 0 Å². The zero-order valence-electron chi connectivity index (χ0n) is 9.21. The lowest BCUT2D eigenvalue weighted by Gasteiger charge is -2.27. The van der Waals surface area contributed by atoms with Crippen molar-refractivity contribution in [1.82, 2.24) is 10.2 Å². The molecule has 0 fully saturated rings. The molecule has 0 rings (SSSR count). The summed E-state index contributed by atoms with van der Waals surface area (Å²) in [7, 11) is 1.63. The van der Waals surface area contributed by atoms with Crippen molar-refractivity contribution < 1.29 is 4.79 Å². The minimum Gasteiger partial charge on any atom is -0.358 e. The Bertz CT molecular complexity index is 210. The number of amides is 1. The second-order valence-corrected chi connectivity index (χ2v) is 3.16. The molecule has 0 aromatic rings. The van der Waals surface area contributed by atoms with Crippen LogP contribution >= 0.6 is 0 Å². The van der Waals surface area contributed by atoms with Gasteiger partial charge < -0.3 is 5.32 Å². The van der Waals surface area contributed by atoms with Gasteiger partial charge in [-0.2, -0.15) is 5.26 Å². The standard InChI is InChI=1S/C10H19N3O/c1-4-9(6-7-11)13(5-2)8-10(14)12-3/h9H,4-6,8H2,1-3H3,(H,12,14). The molecule has 14 heavy (non-hydrogen) atoms. The molecule has 0 spiro atoms. The minimum absolute atomic E-state index is 0.00300. The summed E-state index contributed by atoms with van der Waals surface area (Å²) in [6, 6.07) is 2.35. The number of nitrogens with zero attached hydrogens (tertiary/aromatic N) is 2. The van der Waals surface area contributed by atoms with Crippen molar-refractivity contribution >= 4 is 5.91 Å². The van der Waals surface area contributed by atoms with E-state index in [1.807, 2.05) is 18.7 Å². The number of hydrogen-bond acceptors (Lipinski definition) is 3. The summed E-state index contributed by atoms with van der Waals surface area (Å²) in [5.74, 6) is 0.00300. The molecular formula is C10H19N3O. The average molecular weight is 197 g/mol. The molecule has 0 aliphatic heterocycles. The summed E-state index contributed by atoms with van der Waals surface area (Å²) in [5, 5.41) is 11.2. The van der Waals surface area contributed by atoms with E-state index in [2.05, 4.69) is 11.4 Å². The highest BCUT2D eigenvalue weighted by molar-refractivity contribution is 5.77. The molecule has 1 amide bonds. The molecule has 4 nitrogen and oxygen atoms in total. The second-order valence-electron chi connectivity index (χ2n) is 3.16. The van der Waals surface area contributed by atoms with Gasteiger partial charge in [-0.3, -0.25) is 9.69 Å². The van der Waals surface area contributed by atoms with E-state index in [1.165, 1.54) is 0 Å². The Morgan fingerprint density at radius 2 is 2.21 bits per heavy atom. The first-order valence-electron chi connectivity index (χ1n) is 5.01. The van der Waals surface area contributed by atoms with Gasteiger partial charge in [0.2, 0.25) is 5.91 Å². The van der Waals surface area contributed by atoms with E-state index in [1.54, 1.807) is 7.05 Å². The Hall–Kier alpha value is -1.08. The summed E-state index contributed by atoms with van der Waals surface area (Å²) in [6.45, 7) is 5.22. The molecule has 0 saturated heterocycles. The van der Waals surface area contributed by atoms with Gasteiger partial charge in [-0.05, 0) is 13.0 Å². The third kappa shape index (κ3) is 4.24. The first-order chi connectivity index (χ1) is 6.69. The molecule has 1 unspecified atom stereocenters.